The van der Waals surface area contributed by atoms with Gasteiger partial charge >= 0.3 is 0 Å². The summed E-state index contributed by atoms with van der Waals surface area (Å²) in [4.78, 5) is 26.5. The van der Waals surface area contributed by atoms with Crippen molar-refractivity contribution in [1.82, 2.24) is 10.2 Å². The van der Waals surface area contributed by atoms with E-state index in [9.17, 15) is 9.59 Å². The minimum Gasteiger partial charge on any atom is -0.456 e. The van der Waals surface area contributed by atoms with E-state index in [-0.39, 0.29) is 23.5 Å². The molecule has 6 heteroatoms. The van der Waals surface area contributed by atoms with E-state index in [1.54, 1.807) is 6.07 Å². The van der Waals surface area contributed by atoms with Crippen LogP contribution in [0.4, 0.5) is 0 Å². The van der Waals surface area contributed by atoms with Gasteiger partial charge in [0.1, 0.15) is 11.9 Å². The van der Waals surface area contributed by atoms with Crippen LogP contribution in [-0.4, -0.2) is 48.1 Å². The summed E-state index contributed by atoms with van der Waals surface area (Å²) in [5, 5.41) is 3.02. The number of rotatable bonds is 4. The molecule has 1 spiro atoms. The highest BCUT2D eigenvalue weighted by Crippen LogP contribution is 2.39. The fourth-order valence-electron chi connectivity index (χ4n) is 3.87. The molecule has 25 heavy (non-hydrogen) atoms. The predicted molar refractivity (Wildman–Crippen MR) is 91.2 cm³/mol. The fourth-order valence-corrected chi connectivity index (χ4v) is 3.87. The number of furan rings is 1. The van der Waals surface area contributed by atoms with Crippen molar-refractivity contribution in [3.8, 4) is 0 Å². The van der Waals surface area contributed by atoms with E-state index < -0.39 is 0 Å². The molecule has 1 aliphatic carbocycles. The van der Waals surface area contributed by atoms with E-state index in [4.69, 9.17) is 9.15 Å². The summed E-state index contributed by atoms with van der Waals surface area (Å²) >= 11 is 0. The Labute approximate surface area is 147 Å². The van der Waals surface area contributed by atoms with Crippen molar-refractivity contribution in [2.45, 2.75) is 57.2 Å². The lowest BCUT2D eigenvalue weighted by Crippen LogP contribution is -2.47. The van der Waals surface area contributed by atoms with Crippen molar-refractivity contribution < 1.29 is 18.7 Å². The molecular formula is C19H26N2O4. The third kappa shape index (κ3) is 3.59. The quantitative estimate of drug-likeness (QED) is 0.908. The Bertz CT molecular complexity index is 656. The third-order valence-electron chi connectivity index (χ3n) is 5.72. The summed E-state index contributed by atoms with van der Waals surface area (Å²) in [5.74, 6) is 1.81. The maximum Gasteiger partial charge on any atom is 0.289 e. The SMILES string of the molecule is Cc1ccc(C(=O)N2CCC3(CC[C@H](C(=O)NCC4CC4)O3)CC2)o1. The van der Waals surface area contributed by atoms with Crippen LogP contribution >= 0.6 is 0 Å². The van der Waals surface area contributed by atoms with Crippen molar-refractivity contribution in [1.29, 1.82) is 0 Å². The molecule has 2 aliphatic heterocycles. The molecule has 0 unspecified atom stereocenters. The molecule has 1 atom stereocenters. The summed E-state index contributed by atoms with van der Waals surface area (Å²) in [6, 6.07) is 3.54. The first-order valence-corrected chi connectivity index (χ1v) is 9.36. The zero-order valence-electron chi connectivity index (χ0n) is 14.8. The first-order chi connectivity index (χ1) is 12.0. The van der Waals surface area contributed by atoms with Gasteiger partial charge in [-0.05, 0) is 63.5 Å². The van der Waals surface area contributed by atoms with E-state index >= 15 is 0 Å². The van der Waals surface area contributed by atoms with Crippen LogP contribution in [-0.2, 0) is 9.53 Å². The van der Waals surface area contributed by atoms with Crippen LogP contribution in [0, 0.1) is 12.8 Å². The van der Waals surface area contributed by atoms with Crippen LogP contribution in [0.2, 0.25) is 0 Å². The van der Waals surface area contributed by atoms with Crippen LogP contribution in [0.1, 0.15) is 54.8 Å². The lowest BCUT2D eigenvalue weighted by atomic mass is 9.88. The van der Waals surface area contributed by atoms with Crippen LogP contribution in [0.15, 0.2) is 16.5 Å². The Morgan fingerprint density at radius 3 is 2.60 bits per heavy atom. The van der Waals surface area contributed by atoms with Crippen molar-refractivity contribution >= 4 is 11.8 Å². The zero-order chi connectivity index (χ0) is 17.4. The summed E-state index contributed by atoms with van der Waals surface area (Å²) in [5.41, 5.74) is -0.239. The molecule has 1 aromatic rings. The summed E-state index contributed by atoms with van der Waals surface area (Å²) in [6.07, 6.45) is 5.38. The second-order valence-corrected chi connectivity index (χ2v) is 7.72. The van der Waals surface area contributed by atoms with Gasteiger partial charge in [-0.25, -0.2) is 0 Å². The van der Waals surface area contributed by atoms with Gasteiger partial charge in [0.05, 0.1) is 5.60 Å². The molecule has 2 saturated heterocycles. The molecule has 2 amide bonds. The standard InChI is InChI=1S/C19H26N2O4/c1-13-2-5-16(24-13)18(23)21-10-8-19(9-11-21)7-6-15(25-19)17(22)20-12-14-3-4-14/h2,5,14-15H,3-4,6-12H2,1H3,(H,20,22)/t15-/m1/s1. The number of nitrogens with one attached hydrogen (secondary N) is 1. The topological polar surface area (TPSA) is 71.8 Å². The van der Waals surface area contributed by atoms with Gasteiger partial charge in [-0.15, -0.1) is 0 Å². The number of carbonyl (C=O) groups is 2. The average Bonchev–Trinajstić information content (AvgIpc) is 3.21. The number of hydrogen-bond donors (Lipinski definition) is 1. The maximum atomic E-state index is 12.5. The minimum absolute atomic E-state index is 0.0355. The number of carbonyl (C=O) groups excluding carboxylic acids is 2. The molecule has 1 N–H and O–H groups in total. The van der Waals surface area contributed by atoms with Crippen molar-refractivity contribution in [3.63, 3.8) is 0 Å². The molecule has 6 nitrogen and oxygen atoms in total. The van der Waals surface area contributed by atoms with Gasteiger partial charge in [0, 0.05) is 19.6 Å². The number of hydrogen-bond acceptors (Lipinski definition) is 4. The normalized spacial score (nSPS) is 25.3. The van der Waals surface area contributed by atoms with Gasteiger partial charge in [-0.1, -0.05) is 0 Å². The lowest BCUT2D eigenvalue weighted by molar-refractivity contribution is -0.140. The Morgan fingerprint density at radius 1 is 1.20 bits per heavy atom. The molecule has 3 aliphatic rings. The highest BCUT2D eigenvalue weighted by Gasteiger charge is 2.45. The third-order valence-corrected chi connectivity index (χ3v) is 5.72. The molecule has 0 radical (unpaired) electrons. The molecule has 136 valence electrons. The number of likely N-dealkylation sites (tertiary alicyclic amines) is 1. The van der Waals surface area contributed by atoms with E-state index in [1.807, 2.05) is 17.9 Å². The molecule has 3 heterocycles. The van der Waals surface area contributed by atoms with Crippen molar-refractivity contribution in [2.75, 3.05) is 19.6 Å². The van der Waals surface area contributed by atoms with Gasteiger partial charge in [0.2, 0.25) is 5.91 Å². The van der Waals surface area contributed by atoms with Crippen LogP contribution < -0.4 is 5.32 Å². The van der Waals surface area contributed by atoms with E-state index in [1.165, 1.54) is 12.8 Å². The number of amides is 2. The maximum absolute atomic E-state index is 12.5. The van der Waals surface area contributed by atoms with Crippen LogP contribution in [0.5, 0.6) is 0 Å². The average molecular weight is 346 g/mol. The minimum atomic E-state index is -0.325. The fraction of sp³-hybridized carbons (Fsp3) is 0.684. The van der Waals surface area contributed by atoms with Gasteiger partial charge < -0.3 is 19.4 Å². The largest absolute Gasteiger partial charge is 0.456 e. The first-order valence-electron chi connectivity index (χ1n) is 9.36. The Kier molecular flexibility index (Phi) is 4.31. The molecule has 3 fully saturated rings. The second-order valence-electron chi connectivity index (χ2n) is 7.72. The van der Waals surface area contributed by atoms with Crippen LogP contribution in [0.25, 0.3) is 0 Å². The second kappa shape index (κ2) is 6.48. The summed E-state index contributed by atoms with van der Waals surface area (Å²) in [6.45, 7) is 3.92. The molecular weight excluding hydrogens is 320 g/mol. The Morgan fingerprint density at radius 2 is 1.96 bits per heavy atom. The van der Waals surface area contributed by atoms with Gasteiger partial charge in [0.15, 0.2) is 5.76 Å². The number of ether oxygens (including phenoxy) is 1. The molecule has 1 saturated carbocycles. The van der Waals surface area contributed by atoms with E-state index in [0.29, 0.717) is 24.8 Å². The Hall–Kier alpha value is -1.82. The molecule has 1 aromatic heterocycles. The number of piperidine rings is 1. The molecule has 4 rings (SSSR count). The molecule has 0 bridgehead atoms. The number of aryl methyl sites for hydroxylation is 1. The van der Waals surface area contributed by atoms with Gasteiger partial charge in [-0.3, -0.25) is 9.59 Å². The van der Waals surface area contributed by atoms with Crippen molar-refractivity contribution in [3.05, 3.63) is 23.7 Å². The summed E-state index contributed by atoms with van der Waals surface area (Å²) < 4.78 is 11.6. The smallest absolute Gasteiger partial charge is 0.289 e. The zero-order valence-corrected chi connectivity index (χ0v) is 14.8. The first kappa shape index (κ1) is 16.6. The molecule has 0 aromatic carbocycles. The highest BCUT2D eigenvalue weighted by molar-refractivity contribution is 5.91. The Balaban J connectivity index is 1.29. The van der Waals surface area contributed by atoms with E-state index in [2.05, 4.69) is 5.32 Å². The number of nitrogens with zero attached hydrogens (tertiary/aromatic N) is 1. The van der Waals surface area contributed by atoms with Crippen LogP contribution in [0.3, 0.4) is 0 Å². The van der Waals surface area contributed by atoms with E-state index in [0.717, 1.165) is 38.0 Å². The highest BCUT2D eigenvalue weighted by atomic mass is 16.5. The predicted octanol–water partition coefficient (Wildman–Crippen LogP) is 2.27. The van der Waals surface area contributed by atoms with Crippen molar-refractivity contribution in [2.24, 2.45) is 5.92 Å². The van der Waals surface area contributed by atoms with Gasteiger partial charge in [0.25, 0.3) is 5.91 Å². The lowest BCUT2D eigenvalue weighted by Gasteiger charge is -2.38. The van der Waals surface area contributed by atoms with Gasteiger partial charge in [-0.2, -0.15) is 0 Å². The summed E-state index contributed by atoms with van der Waals surface area (Å²) in [7, 11) is 0. The monoisotopic (exact) mass is 346 g/mol.